The maximum absolute atomic E-state index is 12.0. The van der Waals surface area contributed by atoms with Gasteiger partial charge in [-0.1, -0.05) is 13.3 Å². The first-order valence-corrected chi connectivity index (χ1v) is 6.85. The average Bonchev–Trinajstić information content (AvgIpc) is 2.38. The molecule has 1 aliphatic heterocycles. The summed E-state index contributed by atoms with van der Waals surface area (Å²) in [5.74, 6) is -0.625. The molecule has 19 heavy (non-hydrogen) atoms. The summed E-state index contributed by atoms with van der Waals surface area (Å²) in [5.41, 5.74) is 0. The molecule has 1 rings (SSSR count). The third-order valence-corrected chi connectivity index (χ3v) is 3.38. The number of hydrogen-bond acceptors (Lipinski definition) is 3. The molecule has 0 bridgehead atoms. The molecule has 1 aliphatic rings. The molecule has 1 unspecified atom stereocenters. The van der Waals surface area contributed by atoms with Gasteiger partial charge in [0.2, 0.25) is 0 Å². The second-order valence-corrected chi connectivity index (χ2v) is 5.04. The van der Waals surface area contributed by atoms with E-state index in [2.05, 4.69) is 5.32 Å². The Labute approximate surface area is 114 Å². The number of methoxy groups -OCH3 is 1. The molecule has 0 spiro atoms. The van der Waals surface area contributed by atoms with E-state index in [9.17, 15) is 9.59 Å². The predicted molar refractivity (Wildman–Crippen MR) is 71.0 cm³/mol. The Bertz CT molecular complexity index is 307. The van der Waals surface area contributed by atoms with Gasteiger partial charge < -0.3 is 20.1 Å². The van der Waals surface area contributed by atoms with Crippen LogP contribution < -0.4 is 5.32 Å². The van der Waals surface area contributed by atoms with Gasteiger partial charge in [0.25, 0.3) is 0 Å². The second kappa shape index (κ2) is 7.99. The lowest BCUT2D eigenvalue weighted by Crippen LogP contribution is -2.51. The quantitative estimate of drug-likeness (QED) is 0.764. The minimum Gasteiger partial charge on any atom is -0.480 e. The van der Waals surface area contributed by atoms with Crippen molar-refractivity contribution in [2.24, 2.45) is 5.92 Å². The summed E-state index contributed by atoms with van der Waals surface area (Å²) in [4.78, 5) is 24.8. The second-order valence-electron chi connectivity index (χ2n) is 5.04. The number of urea groups is 1. The summed E-state index contributed by atoms with van der Waals surface area (Å²) in [6, 6.07) is -1.07. The Hall–Kier alpha value is -1.30. The molecule has 0 aromatic rings. The van der Waals surface area contributed by atoms with E-state index in [-0.39, 0.29) is 6.03 Å². The third kappa shape index (κ3) is 5.06. The summed E-state index contributed by atoms with van der Waals surface area (Å²) in [5, 5.41) is 11.6. The van der Waals surface area contributed by atoms with Crippen molar-refractivity contribution in [1.29, 1.82) is 0 Å². The Balaban J connectivity index is 2.49. The molecule has 1 heterocycles. The predicted octanol–water partition coefficient (Wildman–Crippen LogP) is 1.31. The van der Waals surface area contributed by atoms with Gasteiger partial charge in [-0.2, -0.15) is 0 Å². The monoisotopic (exact) mass is 272 g/mol. The molecule has 0 aromatic heterocycles. The molecule has 6 nitrogen and oxygen atoms in total. The zero-order valence-electron chi connectivity index (χ0n) is 11.7. The molecule has 1 fully saturated rings. The van der Waals surface area contributed by atoms with Crippen LogP contribution in [0.5, 0.6) is 0 Å². The van der Waals surface area contributed by atoms with Crippen LogP contribution in [0.2, 0.25) is 0 Å². The number of carboxylic acid groups (broad SMARTS) is 1. The highest BCUT2D eigenvalue weighted by molar-refractivity contribution is 5.82. The van der Waals surface area contributed by atoms with E-state index in [1.54, 1.807) is 12.0 Å². The third-order valence-electron chi connectivity index (χ3n) is 3.38. The van der Waals surface area contributed by atoms with Crippen LogP contribution >= 0.6 is 0 Å². The Morgan fingerprint density at radius 2 is 2.26 bits per heavy atom. The highest BCUT2D eigenvalue weighted by Crippen LogP contribution is 2.16. The Morgan fingerprint density at radius 3 is 2.84 bits per heavy atom. The first kappa shape index (κ1) is 15.8. The molecule has 0 aliphatic carbocycles. The van der Waals surface area contributed by atoms with E-state index >= 15 is 0 Å². The maximum atomic E-state index is 12.0. The van der Waals surface area contributed by atoms with E-state index in [1.807, 2.05) is 6.92 Å². The van der Waals surface area contributed by atoms with Crippen LogP contribution in [0.15, 0.2) is 0 Å². The summed E-state index contributed by atoms with van der Waals surface area (Å²) in [6.07, 6.45) is 3.17. The fourth-order valence-electron chi connectivity index (χ4n) is 2.41. The van der Waals surface area contributed by atoms with E-state index < -0.39 is 12.0 Å². The molecule has 1 saturated heterocycles. The van der Waals surface area contributed by atoms with Gasteiger partial charge in [0.05, 0.1) is 6.61 Å². The number of aliphatic carboxylic acids is 1. The van der Waals surface area contributed by atoms with Crippen LogP contribution in [0.25, 0.3) is 0 Å². The van der Waals surface area contributed by atoms with Crippen molar-refractivity contribution in [3.05, 3.63) is 0 Å². The number of ether oxygens (including phenoxy) is 1. The number of piperidine rings is 1. The number of carboxylic acids is 1. The molecule has 2 amide bonds. The molecule has 0 radical (unpaired) electrons. The Kier molecular flexibility index (Phi) is 6.62. The van der Waals surface area contributed by atoms with Gasteiger partial charge in [-0.3, -0.25) is 0 Å². The lowest BCUT2D eigenvalue weighted by atomic mass is 9.99. The van der Waals surface area contributed by atoms with Gasteiger partial charge in [-0.05, 0) is 19.3 Å². The molecular weight excluding hydrogens is 248 g/mol. The van der Waals surface area contributed by atoms with Gasteiger partial charge in [-0.15, -0.1) is 0 Å². The minimum atomic E-state index is -0.972. The largest absolute Gasteiger partial charge is 0.480 e. The summed E-state index contributed by atoms with van der Waals surface area (Å²) < 4.78 is 5.11. The first-order chi connectivity index (χ1) is 9.08. The standard InChI is InChI=1S/C13H24N2O4/c1-3-5-11(12(16)17)14-13(18)15-7-4-6-10(8-15)9-19-2/h10-11H,3-9H2,1-2H3,(H,14,18)(H,16,17)/t10?,11-/m0/s1. The zero-order valence-corrected chi connectivity index (χ0v) is 11.7. The van der Waals surface area contributed by atoms with E-state index in [0.717, 1.165) is 19.3 Å². The molecule has 0 aromatic carbocycles. The highest BCUT2D eigenvalue weighted by atomic mass is 16.5. The Morgan fingerprint density at radius 1 is 1.53 bits per heavy atom. The molecule has 6 heteroatoms. The number of likely N-dealkylation sites (tertiary alicyclic amines) is 1. The number of carbonyl (C=O) groups is 2. The van der Waals surface area contributed by atoms with Crippen molar-refractivity contribution in [1.82, 2.24) is 10.2 Å². The summed E-state index contributed by atoms with van der Waals surface area (Å²) >= 11 is 0. The summed E-state index contributed by atoms with van der Waals surface area (Å²) in [7, 11) is 1.65. The first-order valence-electron chi connectivity index (χ1n) is 6.85. The van der Waals surface area contributed by atoms with Crippen LogP contribution in [0, 0.1) is 5.92 Å². The normalized spacial score (nSPS) is 20.9. The van der Waals surface area contributed by atoms with Crippen molar-refractivity contribution in [2.45, 2.75) is 38.6 Å². The summed E-state index contributed by atoms with van der Waals surface area (Å²) in [6.45, 7) is 3.86. The molecule has 110 valence electrons. The van der Waals surface area contributed by atoms with Crippen LogP contribution in [0.1, 0.15) is 32.6 Å². The van der Waals surface area contributed by atoms with E-state index in [0.29, 0.717) is 32.0 Å². The lowest BCUT2D eigenvalue weighted by Gasteiger charge is -2.33. The number of hydrogen-bond donors (Lipinski definition) is 2. The molecular formula is C13H24N2O4. The minimum absolute atomic E-state index is 0.276. The van der Waals surface area contributed by atoms with Gasteiger partial charge in [0, 0.05) is 26.1 Å². The SMILES string of the molecule is CCC[C@H](NC(=O)N1CCCC(COC)C1)C(=O)O. The van der Waals surface area contributed by atoms with Crippen molar-refractivity contribution in [3.8, 4) is 0 Å². The number of nitrogens with zero attached hydrogens (tertiary/aromatic N) is 1. The zero-order chi connectivity index (χ0) is 14.3. The fraction of sp³-hybridized carbons (Fsp3) is 0.846. The van der Waals surface area contributed by atoms with Crippen molar-refractivity contribution >= 4 is 12.0 Å². The highest BCUT2D eigenvalue weighted by Gasteiger charge is 2.26. The van der Waals surface area contributed by atoms with Crippen molar-refractivity contribution < 1.29 is 19.4 Å². The lowest BCUT2D eigenvalue weighted by molar-refractivity contribution is -0.139. The van der Waals surface area contributed by atoms with Crippen LogP contribution in [-0.2, 0) is 9.53 Å². The average molecular weight is 272 g/mol. The van der Waals surface area contributed by atoms with Crippen molar-refractivity contribution in [2.75, 3.05) is 26.8 Å². The number of nitrogens with one attached hydrogen (secondary N) is 1. The molecule has 2 atom stereocenters. The number of amides is 2. The number of carbonyl (C=O) groups excluding carboxylic acids is 1. The molecule has 2 N–H and O–H groups in total. The van der Waals surface area contributed by atoms with E-state index in [1.165, 1.54) is 0 Å². The topological polar surface area (TPSA) is 78.9 Å². The van der Waals surface area contributed by atoms with E-state index in [4.69, 9.17) is 9.84 Å². The van der Waals surface area contributed by atoms with Crippen LogP contribution in [-0.4, -0.2) is 54.9 Å². The smallest absolute Gasteiger partial charge is 0.326 e. The number of rotatable bonds is 6. The molecule has 0 saturated carbocycles. The van der Waals surface area contributed by atoms with Gasteiger partial charge in [0.15, 0.2) is 0 Å². The van der Waals surface area contributed by atoms with Gasteiger partial charge in [0.1, 0.15) is 6.04 Å². The maximum Gasteiger partial charge on any atom is 0.326 e. The fourth-order valence-corrected chi connectivity index (χ4v) is 2.41. The van der Waals surface area contributed by atoms with Gasteiger partial charge >= 0.3 is 12.0 Å². The van der Waals surface area contributed by atoms with Gasteiger partial charge in [-0.25, -0.2) is 9.59 Å². The van der Waals surface area contributed by atoms with Crippen molar-refractivity contribution in [3.63, 3.8) is 0 Å². The van der Waals surface area contributed by atoms with Crippen LogP contribution in [0.4, 0.5) is 4.79 Å². The van der Waals surface area contributed by atoms with Crippen LogP contribution in [0.3, 0.4) is 0 Å².